The standard InChI is InChI=1S/C13H24O5/c1-3-4-5-6-7-17-13-9(2)11(15)12(16)10(8-14)18-13/h3,9-16H,1,4-8H2,2H3/t9?,10?,11-,12+,13?/m1/s1. The molecule has 1 fully saturated rings. The highest BCUT2D eigenvalue weighted by Crippen LogP contribution is 2.26. The molecule has 0 radical (unpaired) electrons. The summed E-state index contributed by atoms with van der Waals surface area (Å²) in [5.74, 6) is -0.317. The number of aliphatic hydroxyl groups is 3. The molecule has 1 aliphatic rings. The van der Waals surface area contributed by atoms with Gasteiger partial charge in [0.1, 0.15) is 12.2 Å². The van der Waals surface area contributed by atoms with Crippen molar-refractivity contribution < 1.29 is 24.8 Å². The Hall–Kier alpha value is -0.460. The normalized spacial score (nSPS) is 36.6. The Balaban J connectivity index is 2.37. The minimum atomic E-state index is -1.06. The lowest BCUT2D eigenvalue weighted by Gasteiger charge is -2.40. The third-order valence-corrected chi connectivity index (χ3v) is 3.27. The van der Waals surface area contributed by atoms with Gasteiger partial charge in [0, 0.05) is 12.5 Å². The lowest BCUT2D eigenvalue weighted by molar-refractivity contribution is -0.282. The van der Waals surface area contributed by atoms with Crippen molar-refractivity contribution in [3.63, 3.8) is 0 Å². The van der Waals surface area contributed by atoms with Crippen molar-refractivity contribution in [3.05, 3.63) is 12.7 Å². The van der Waals surface area contributed by atoms with Crippen LogP contribution in [0, 0.1) is 5.92 Å². The fraction of sp³-hybridized carbons (Fsp3) is 0.846. The first-order valence-corrected chi connectivity index (χ1v) is 6.46. The predicted molar refractivity (Wildman–Crippen MR) is 66.9 cm³/mol. The molecule has 1 aliphatic heterocycles. The predicted octanol–water partition coefficient (Wildman–Crippen LogP) is 0.434. The number of hydrogen-bond acceptors (Lipinski definition) is 5. The molecule has 3 unspecified atom stereocenters. The molecule has 5 atom stereocenters. The van der Waals surface area contributed by atoms with E-state index in [2.05, 4.69) is 6.58 Å². The fourth-order valence-electron chi connectivity index (χ4n) is 2.00. The second-order valence-corrected chi connectivity index (χ2v) is 4.72. The summed E-state index contributed by atoms with van der Waals surface area (Å²) in [6, 6.07) is 0. The van der Waals surface area contributed by atoms with Gasteiger partial charge in [-0.3, -0.25) is 0 Å². The molecule has 1 heterocycles. The molecule has 0 spiro atoms. The highest BCUT2D eigenvalue weighted by Gasteiger charge is 2.42. The molecule has 0 amide bonds. The van der Waals surface area contributed by atoms with E-state index in [4.69, 9.17) is 14.6 Å². The zero-order valence-corrected chi connectivity index (χ0v) is 10.9. The molecule has 106 valence electrons. The van der Waals surface area contributed by atoms with E-state index in [1.165, 1.54) is 0 Å². The van der Waals surface area contributed by atoms with Gasteiger partial charge in [0.15, 0.2) is 6.29 Å². The summed E-state index contributed by atoms with van der Waals surface area (Å²) in [7, 11) is 0. The molecule has 0 aromatic heterocycles. The average Bonchev–Trinajstić information content (AvgIpc) is 2.38. The van der Waals surface area contributed by atoms with Gasteiger partial charge in [0.25, 0.3) is 0 Å². The number of unbranched alkanes of at least 4 members (excludes halogenated alkanes) is 2. The molecule has 1 saturated heterocycles. The zero-order valence-electron chi connectivity index (χ0n) is 10.9. The summed E-state index contributed by atoms with van der Waals surface area (Å²) in [4.78, 5) is 0. The summed E-state index contributed by atoms with van der Waals surface area (Å²) >= 11 is 0. The van der Waals surface area contributed by atoms with Gasteiger partial charge in [0.05, 0.1) is 12.7 Å². The van der Waals surface area contributed by atoms with Gasteiger partial charge < -0.3 is 24.8 Å². The van der Waals surface area contributed by atoms with Crippen molar-refractivity contribution in [1.82, 2.24) is 0 Å². The molecule has 1 rings (SSSR count). The third kappa shape index (κ3) is 4.03. The lowest BCUT2D eigenvalue weighted by Crippen LogP contribution is -2.55. The van der Waals surface area contributed by atoms with E-state index in [1.807, 2.05) is 6.08 Å². The van der Waals surface area contributed by atoms with Crippen LogP contribution in [0.25, 0.3) is 0 Å². The Bertz CT molecular complexity index is 244. The van der Waals surface area contributed by atoms with Gasteiger partial charge in [-0.1, -0.05) is 13.0 Å². The highest BCUT2D eigenvalue weighted by molar-refractivity contribution is 4.86. The number of allylic oxidation sites excluding steroid dienone is 1. The Morgan fingerprint density at radius 2 is 2.00 bits per heavy atom. The van der Waals surface area contributed by atoms with Gasteiger partial charge >= 0.3 is 0 Å². The second kappa shape index (κ2) is 7.86. The van der Waals surface area contributed by atoms with E-state index in [-0.39, 0.29) is 12.5 Å². The Labute approximate surface area is 108 Å². The van der Waals surface area contributed by atoms with Crippen LogP contribution in [0.1, 0.15) is 26.2 Å². The molecule has 0 saturated carbocycles. The van der Waals surface area contributed by atoms with Crippen molar-refractivity contribution in [2.45, 2.75) is 50.8 Å². The quantitative estimate of drug-likeness (QED) is 0.457. The van der Waals surface area contributed by atoms with E-state index < -0.39 is 24.6 Å². The molecule has 0 aromatic rings. The van der Waals surface area contributed by atoms with Crippen LogP contribution in [-0.4, -0.2) is 53.1 Å². The van der Waals surface area contributed by atoms with Crippen molar-refractivity contribution in [2.75, 3.05) is 13.2 Å². The molecule has 18 heavy (non-hydrogen) atoms. The van der Waals surface area contributed by atoms with Crippen molar-refractivity contribution in [1.29, 1.82) is 0 Å². The largest absolute Gasteiger partial charge is 0.394 e. The maximum atomic E-state index is 9.82. The minimum Gasteiger partial charge on any atom is -0.394 e. The van der Waals surface area contributed by atoms with Gasteiger partial charge in [-0.25, -0.2) is 0 Å². The molecule has 5 heteroatoms. The Morgan fingerprint density at radius 1 is 1.28 bits per heavy atom. The fourth-order valence-corrected chi connectivity index (χ4v) is 2.00. The van der Waals surface area contributed by atoms with E-state index >= 15 is 0 Å². The summed E-state index contributed by atoms with van der Waals surface area (Å²) < 4.78 is 11.0. The molecular weight excluding hydrogens is 236 g/mol. The summed E-state index contributed by atoms with van der Waals surface area (Å²) in [5, 5.41) is 28.6. The van der Waals surface area contributed by atoms with Crippen LogP contribution in [-0.2, 0) is 9.47 Å². The summed E-state index contributed by atoms with van der Waals surface area (Å²) in [5.41, 5.74) is 0. The Kier molecular flexibility index (Phi) is 6.81. The lowest BCUT2D eigenvalue weighted by atomic mass is 9.92. The average molecular weight is 260 g/mol. The van der Waals surface area contributed by atoms with E-state index in [0.29, 0.717) is 6.61 Å². The van der Waals surface area contributed by atoms with E-state index in [1.54, 1.807) is 6.92 Å². The molecular formula is C13H24O5. The van der Waals surface area contributed by atoms with Crippen molar-refractivity contribution >= 4 is 0 Å². The second-order valence-electron chi connectivity index (χ2n) is 4.72. The number of rotatable bonds is 7. The van der Waals surface area contributed by atoms with E-state index in [9.17, 15) is 10.2 Å². The molecule has 3 N–H and O–H groups in total. The van der Waals surface area contributed by atoms with Crippen molar-refractivity contribution in [3.8, 4) is 0 Å². The van der Waals surface area contributed by atoms with Crippen molar-refractivity contribution in [2.24, 2.45) is 5.92 Å². The monoisotopic (exact) mass is 260 g/mol. The first-order valence-electron chi connectivity index (χ1n) is 6.46. The maximum Gasteiger partial charge on any atom is 0.163 e. The van der Waals surface area contributed by atoms with Crippen LogP contribution >= 0.6 is 0 Å². The molecule has 0 aromatic carbocycles. The SMILES string of the molecule is C=CCCCCOC1OC(CO)[C@H](O)[C@H](O)C1C. The molecule has 0 aliphatic carbocycles. The van der Waals surface area contributed by atoms with Crippen LogP contribution in [0.3, 0.4) is 0 Å². The minimum absolute atomic E-state index is 0.317. The van der Waals surface area contributed by atoms with Crippen LogP contribution in [0.4, 0.5) is 0 Å². The summed E-state index contributed by atoms with van der Waals surface area (Å²) in [6.07, 6.45) is 1.34. The number of aliphatic hydroxyl groups excluding tert-OH is 3. The van der Waals surface area contributed by atoms with E-state index in [0.717, 1.165) is 19.3 Å². The smallest absolute Gasteiger partial charge is 0.163 e. The third-order valence-electron chi connectivity index (χ3n) is 3.27. The van der Waals surface area contributed by atoms with Gasteiger partial charge in [-0.2, -0.15) is 0 Å². The number of hydrogen-bond donors (Lipinski definition) is 3. The van der Waals surface area contributed by atoms with Gasteiger partial charge in [-0.05, 0) is 19.3 Å². The van der Waals surface area contributed by atoms with Gasteiger partial charge in [0.2, 0.25) is 0 Å². The van der Waals surface area contributed by atoms with Crippen LogP contribution < -0.4 is 0 Å². The molecule has 5 nitrogen and oxygen atoms in total. The van der Waals surface area contributed by atoms with Crippen LogP contribution in [0.15, 0.2) is 12.7 Å². The summed E-state index contributed by atoms with van der Waals surface area (Å²) in [6.45, 7) is 5.60. The first kappa shape index (κ1) is 15.6. The maximum absolute atomic E-state index is 9.82. The Morgan fingerprint density at radius 3 is 2.61 bits per heavy atom. The highest BCUT2D eigenvalue weighted by atomic mass is 16.7. The number of ether oxygens (including phenoxy) is 2. The van der Waals surface area contributed by atoms with Crippen LogP contribution in [0.5, 0.6) is 0 Å². The van der Waals surface area contributed by atoms with Gasteiger partial charge in [-0.15, -0.1) is 6.58 Å². The van der Waals surface area contributed by atoms with Crippen LogP contribution in [0.2, 0.25) is 0 Å². The topological polar surface area (TPSA) is 79.2 Å². The first-order chi connectivity index (χ1) is 8.61. The zero-order chi connectivity index (χ0) is 13.5. The molecule has 0 bridgehead atoms.